The van der Waals surface area contributed by atoms with Gasteiger partial charge >= 0.3 is 0 Å². The summed E-state index contributed by atoms with van der Waals surface area (Å²) >= 11 is 0. The first-order chi connectivity index (χ1) is 7.32. The van der Waals surface area contributed by atoms with E-state index in [1.54, 1.807) is 0 Å². The second-order valence-electron chi connectivity index (χ2n) is 7.16. The first-order valence-corrected chi connectivity index (χ1v) is 6.82. The van der Waals surface area contributed by atoms with E-state index in [4.69, 9.17) is 0 Å². The molecule has 2 nitrogen and oxygen atoms in total. The molecule has 94 valence electrons. The molecule has 2 heteroatoms. The molecule has 0 N–H and O–H groups in total. The van der Waals surface area contributed by atoms with Crippen LogP contribution in [0.15, 0.2) is 0 Å². The maximum absolute atomic E-state index is 2.65. The number of hydrogen-bond acceptors (Lipinski definition) is 2. The average Bonchev–Trinajstić information content (AvgIpc) is 2.12. The molecule has 2 fully saturated rings. The van der Waals surface area contributed by atoms with E-state index in [2.05, 4.69) is 44.4 Å². The van der Waals surface area contributed by atoms with Gasteiger partial charge in [0, 0.05) is 24.7 Å². The molecule has 0 aromatic carbocycles. The summed E-state index contributed by atoms with van der Waals surface area (Å²) in [6, 6.07) is 0.742. The summed E-state index contributed by atoms with van der Waals surface area (Å²) in [4.78, 5) is 5.27. The standard InChI is InChI=1S/C14H28N2/c1-12(2)15-10-14(11-15)6-8-16(9-7-14)13(3,4)5/h12H,6-11H2,1-5H3. The average molecular weight is 224 g/mol. The third kappa shape index (κ3) is 2.28. The Morgan fingerprint density at radius 2 is 1.50 bits per heavy atom. The van der Waals surface area contributed by atoms with Gasteiger partial charge in [-0.1, -0.05) is 0 Å². The molecule has 0 saturated carbocycles. The molecule has 2 aliphatic rings. The first-order valence-electron chi connectivity index (χ1n) is 6.82. The summed E-state index contributed by atoms with van der Waals surface area (Å²) in [5.41, 5.74) is 1.05. The molecule has 0 bridgehead atoms. The molecule has 2 heterocycles. The highest BCUT2D eigenvalue weighted by Crippen LogP contribution is 2.42. The van der Waals surface area contributed by atoms with Crippen molar-refractivity contribution in [1.82, 2.24) is 9.80 Å². The Morgan fingerprint density at radius 1 is 1.00 bits per heavy atom. The van der Waals surface area contributed by atoms with Crippen LogP contribution in [0.1, 0.15) is 47.5 Å². The normalized spacial score (nSPS) is 27.4. The minimum atomic E-state index is 0.364. The van der Waals surface area contributed by atoms with Crippen molar-refractivity contribution in [1.29, 1.82) is 0 Å². The quantitative estimate of drug-likeness (QED) is 0.675. The first kappa shape index (κ1) is 12.4. The molecule has 2 rings (SSSR count). The molecular formula is C14H28N2. The molecule has 0 aliphatic carbocycles. The van der Waals surface area contributed by atoms with E-state index in [1.807, 2.05) is 0 Å². The number of nitrogens with zero attached hydrogens (tertiary/aromatic N) is 2. The maximum Gasteiger partial charge on any atom is 0.0125 e. The van der Waals surface area contributed by atoms with Crippen LogP contribution in [-0.4, -0.2) is 47.6 Å². The van der Waals surface area contributed by atoms with Gasteiger partial charge in [-0.2, -0.15) is 0 Å². The van der Waals surface area contributed by atoms with Gasteiger partial charge < -0.3 is 0 Å². The van der Waals surface area contributed by atoms with Gasteiger partial charge in [0.15, 0.2) is 0 Å². The molecule has 0 amide bonds. The lowest BCUT2D eigenvalue weighted by atomic mass is 9.71. The van der Waals surface area contributed by atoms with Crippen molar-refractivity contribution in [2.45, 2.75) is 59.0 Å². The Kier molecular flexibility index (Phi) is 3.09. The molecule has 0 radical (unpaired) electrons. The van der Waals surface area contributed by atoms with E-state index < -0.39 is 0 Å². The van der Waals surface area contributed by atoms with Crippen LogP contribution in [0, 0.1) is 5.41 Å². The summed E-state index contributed by atoms with van der Waals surface area (Å²) in [6.07, 6.45) is 2.82. The van der Waals surface area contributed by atoms with Crippen LogP contribution in [0.3, 0.4) is 0 Å². The fourth-order valence-electron chi connectivity index (χ4n) is 3.15. The number of hydrogen-bond donors (Lipinski definition) is 0. The van der Waals surface area contributed by atoms with E-state index in [0.29, 0.717) is 11.0 Å². The Hall–Kier alpha value is -0.0800. The van der Waals surface area contributed by atoms with Gasteiger partial charge in [0.25, 0.3) is 0 Å². The fourth-order valence-corrected chi connectivity index (χ4v) is 3.15. The van der Waals surface area contributed by atoms with Crippen LogP contribution >= 0.6 is 0 Å². The Labute approximate surface area is 101 Å². The van der Waals surface area contributed by atoms with Gasteiger partial charge in [-0.05, 0) is 66.0 Å². The van der Waals surface area contributed by atoms with Crippen LogP contribution < -0.4 is 0 Å². The molecule has 0 aromatic heterocycles. The molecule has 0 aromatic rings. The maximum atomic E-state index is 2.65. The van der Waals surface area contributed by atoms with Crippen molar-refractivity contribution >= 4 is 0 Å². The summed E-state index contributed by atoms with van der Waals surface area (Å²) in [5.74, 6) is 0. The van der Waals surface area contributed by atoms with Gasteiger partial charge in [0.05, 0.1) is 0 Å². The summed E-state index contributed by atoms with van der Waals surface area (Å²) < 4.78 is 0. The van der Waals surface area contributed by atoms with Crippen molar-refractivity contribution in [2.75, 3.05) is 26.2 Å². The van der Waals surface area contributed by atoms with Crippen molar-refractivity contribution in [3.8, 4) is 0 Å². The van der Waals surface area contributed by atoms with Crippen LogP contribution in [0.25, 0.3) is 0 Å². The van der Waals surface area contributed by atoms with Crippen LogP contribution in [0.2, 0.25) is 0 Å². The number of rotatable bonds is 1. The zero-order valence-corrected chi connectivity index (χ0v) is 11.7. The van der Waals surface area contributed by atoms with Gasteiger partial charge in [0.2, 0.25) is 0 Å². The summed E-state index contributed by atoms with van der Waals surface area (Å²) in [5, 5.41) is 0. The van der Waals surface area contributed by atoms with E-state index in [9.17, 15) is 0 Å². The molecule has 0 unspecified atom stereocenters. The lowest BCUT2D eigenvalue weighted by Gasteiger charge is -2.57. The minimum absolute atomic E-state index is 0.364. The van der Waals surface area contributed by atoms with Crippen molar-refractivity contribution in [3.63, 3.8) is 0 Å². The lowest BCUT2D eigenvalue weighted by Crippen LogP contribution is -2.63. The molecule has 0 atom stereocenters. The van der Waals surface area contributed by atoms with Crippen molar-refractivity contribution in [3.05, 3.63) is 0 Å². The highest BCUT2D eigenvalue weighted by Gasteiger charge is 2.46. The Balaban J connectivity index is 1.83. The molecule has 2 saturated heterocycles. The predicted octanol–water partition coefficient (Wildman–Crippen LogP) is 2.59. The Bertz CT molecular complexity index is 236. The van der Waals surface area contributed by atoms with Gasteiger partial charge in [-0.3, -0.25) is 9.80 Å². The third-order valence-corrected chi connectivity index (χ3v) is 4.58. The van der Waals surface area contributed by atoms with Gasteiger partial charge in [-0.25, -0.2) is 0 Å². The SMILES string of the molecule is CC(C)N1CC2(CCN(C(C)(C)C)CC2)C1. The van der Waals surface area contributed by atoms with Crippen LogP contribution in [-0.2, 0) is 0 Å². The highest BCUT2D eigenvalue weighted by atomic mass is 15.3. The van der Waals surface area contributed by atoms with Crippen LogP contribution in [0.5, 0.6) is 0 Å². The predicted molar refractivity (Wildman–Crippen MR) is 69.7 cm³/mol. The topological polar surface area (TPSA) is 6.48 Å². The fraction of sp³-hybridized carbons (Fsp3) is 1.00. The number of piperidine rings is 1. The minimum Gasteiger partial charge on any atom is -0.300 e. The number of likely N-dealkylation sites (tertiary alicyclic amines) is 2. The zero-order valence-electron chi connectivity index (χ0n) is 11.7. The Morgan fingerprint density at radius 3 is 1.88 bits per heavy atom. The molecule has 2 aliphatic heterocycles. The van der Waals surface area contributed by atoms with Gasteiger partial charge in [-0.15, -0.1) is 0 Å². The second-order valence-corrected chi connectivity index (χ2v) is 7.16. The van der Waals surface area contributed by atoms with Crippen molar-refractivity contribution < 1.29 is 0 Å². The smallest absolute Gasteiger partial charge is 0.0125 e. The monoisotopic (exact) mass is 224 g/mol. The highest BCUT2D eigenvalue weighted by molar-refractivity contribution is 5.00. The molecular weight excluding hydrogens is 196 g/mol. The van der Waals surface area contributed by atoms with Crippen LogP contribution in [0.4, 0.5) is 0 Å². The zero-order chi connectivity index (χ0) is 12.0. The van der Waals surface area contributed by atoms with E-state index >= 15 is 0 Å². The second kappa shape index (κ2) is 3.99. The third-order valence-electron chi connectivity index (χ3n) is 4.58. The molecule has 16 heavy (non-hydrogen) atoms. The van der Waals surface area contributed by atoms with E-state index in [0.717, 1.165) is 6.04 Å². The summed E-state index contributed by atoms with van der Waals surface area (Å²) in [6.45, 7) is 17.0. The van der Waals surface area contributed by atoms with Gasteiger partial charge in [0.1, 0.15) is 0 Å². The lowest BCUT2D eigenvalue weighted by molar-refractivity contribution is -0.0749. The van der Waals surface area contributed by atoms with E-state index in [-0.39, 0.29) is 0 Å². The summed E-state index contributed by atoms with van der Waals surface area (Å²) in [7, 11) is 0. The van der Waals surface area contributed by atoms with Crippen molar-refractivity contribution in [2.24, 2.45) is 5.41 Å². The largest absolute Gasteiger partial charge is 0.300 e. The van der Waals surface area contributed by atoms with E-state index in [1.165, 1.54) is 39.0 Å². The molecule has 1 spiro atoms.